The number of thiophene rings is 1. The molecule has 0 aliphatic rings. The first-order valence-corrected chi connectivity index (χ1v) is 7.70. The van der Waals surface area contributed by atoms with Crippen molar-refractivity contribution in [3.05, 3.63) is 56.8 Å². The zero-order valence-corrected chi connectivity index (χ0v) is 13.4. The maximum atomic E-state index is 8.64. The first kappa shape index (κ1) is 15.5. The predicted molar refractivity (Wildman–Crippen MR) is 88.0 cm³/mol. The molecule has 0 fully saturated rings. The third-order valence-electron chi connectivity index (χ3n) is 3.52. The van der Waals surface area contributed by atoms with Crippen LogP contribution in [0.3, 0.4) is 0 Å². The molecule has 0 amide bonds. The summed E-state index contributed by atoms with van der Waals surface area (Å²) in [5.74, 6) is 0.132. The van der Waals surface area contributed by atoms with Crippen molar-refractivity contribution in [3.8, 4) is 0 Å². The SMILES string of the molecule is Cc1cc(C(C)NCc2ccc(C(N)=NO)cc2)c(C)s1. The molecule has 112 valence electrons. The third-order valence-corrected chi connectivity index (χ3v) is 4.50. The van der Waals surface area contributed by atoms with E-state index in [1.807, 2.05) is 35.6 Å². The van der Waals surface area contributed by atoms with E-state index in [1.54, 1.807) is 0 Å². The van der Waals surface area contributed by atoms with Crippen LogP contribution in [-0.2, 0) is 6.54 Å². The van der Waals surface area contributed by atoms with Gasteiger partial charge in [0.25, 0.3) is 0 Å². The van der Waals surface area contributed by atoms with Crippen LogP contribution in [0.4, 0.5) is 0 Å². The lowest BCUT2D eigenvalue weighted by Crippen LogP contribution is -2.18. The second-order valence-electron chi connectivity index (χ2n) is 5.15. The molecule has 0 bridgehead atoms. The van der Waals surface area contributed by atoms with Crippen molar-refractivity contribution >= 4 is 17.2 Å². The van der Waals surface area contributed by atoms with Gasteiger partial charge in [-0.2, -0.15) is 0 Å². The maximum Gasteiger partial charge on any atom is 0.170 e. The lowest BCUT2D eigenvalue weighted by molar-refractivity contribution is 0.318. The summed E-state index contributed by atoms with van der Waals surface area (Å²) in [5.41, 5.74) is 8.80. The number of amidine groups is 1. The lowest BCUT2D eigenvalue weighted by Gasteiger charge is -2.14. The van der Waals surface area contributed by atoms with Gasteiger partial charge < -0.3 is 16.3 Å². The molecule has 2 rings (SSSR count). The fraction of sp³-hybridized carbons (Fsp3) is 0.312. The maximum absolute atomic E-state index is 8.64. The molecule has 1 heterocycles. The van der Waals surface area contributed by atoms with Gasteiger partial charge in [0.1, 0.15) is 0 Å². The van der Waals surface area contributed by atoms with Crippen LogP contribution in [0.25, 0.3) is 0 Å². The summed E-state index contributed by atoms with van der Waals surface area (Å²) in [6.45, 7) is 7.27. The number of aryl methyl sites for hydroxylation is 2. The quantitative estimate of drug-likeness (QED) is 0.343. The fourth-order valence-electron chi connectivity index (χ4n) is 2.31. The van der Waals surface area contributed by atoms with Crippen molar-refractivity contribution in [1.82, 2.24) is 5.32 Å². The van der Waals surface area contributed by atoms with Crippen molar-refractivity contribution in [2.45, 2.75) is 33.4 Å². The van der Waals surface area contributed by atoms with Crippen molar-refractivity contribution in [2.75, 3.05) is 0 Å². The summed E-state index contributed by atoms with van der Waals surface area (Å²) in [7, 11) is 0. The van der Waals surface area contributed by atoms with Crippen LogP contribution < -0.4 is 11.1 Å². The Labute approximate surface area is 129 Å². The molecular formula is C16H21N3OS. The second kappa shape index (κ2) is 6.74. The van der Waals surface area contributed by atoms with Crippen molar-refractivity contribution in [1.29, 1.82) is 0 Å². The molecule has 0 saturated carbocycles. The fourth-order valence-corrected chi connectivity index (χ4v) is 3.33. The summed E-state index contributed by atoms with van der Waals surface area (Å²) < 4.78 is 0. The van der Waals surface area contributed by atoms with Gasteiger partial charge in [-0.25, -0.2) is 0 Å². The number of nitrogens with one attached hydrogen (secondary N) is 1. The van der Waals surface area contributed by atoms with Crippen LogP contribution in [0, 0.1) is 13.8 Å². The summed E-state index contributed by atoms with van der Waals surface area (Å²) in [6, 6.07) is 10.3. The van der Waals surface area contributed by atoms with Gasteiger partial charge in [0.15, 0.2) is 5.84 Å². The Morgan fingerprint density at radius 2 is 2.00 bits per heavy atom. The monoisotopic (exact) mass is 303 g/mol. The summed E-state index contributed by atoms with van der Waals surface area (Å²) in [5, 5.41) is 15.2. The molecule has 1 aromatic heterocycles. The normalized spacial score (nSPS) is 13.4. The van der Waals surface area contributed by atoms with Crippen LogP contribution in [0.2, 0.25) is 0 Å². The highest BCUT2D eigenvalue weighted by Crippen LogP contribution is 2.26. The van der Waals surface area contributed by atoms with Gasteiger partial charge in [0.05, 0.1) is 0 Å². The number of oxime groups is 1. The van der Waals surface area contributed by atoms with Crippen LogP contribution in [0.5, 0.6) is 0 Å². The highest BCUT2D eigenvalue weighted by atomic mass is 32.1. The molecule has 0 aliphatic heterocycles. The molecule has 5 heteroatoms. The first-order chi connectivity index (χ1) is 10.0. The van der Waals surface area contributed by atoms with E-state index in [2.05, 4.69) is 37.3 Å². The van der Waals surface area contributed by atoms with Crippen LogP contribution in [-0.4, -0.2) is 11.0 Å². The van der Waals surface area contributed by atoms with Gasteiger partial charge >= 0.3 is 0 Å². The Morgan fingerprint density at radius 3 is 2.52 bits per heavy atom. The van der Waals surface area contributed by atoms with Gasteiger partial charge in [0, 0.05) is 27.9 Å². The van der Waals surface area contributed by atoms with E-state index < -0.39 is 0 Å². The summed E-state index contributed by atoms with van der Waals surface area (Å²) in [6.07, 6.45) is 0. The molecule has 21 heavy (non-hydrogen) atoms. The van der Waals surface area contributed by atoms with Crippen molar-refractivity contribution < 1.29 is 5.21 Å². The summed E-state index contributed by atoms with van der Waals surface area (Å²) >= 11 is 1.84. The average Bonchev–Trinajstić information content (AvgIpc) is 2.83. The molecule has 0 aliphatic carbocycles. The molecule has 0 saturated heterocycles. The van der Waals surface area contributed by atoms with Gasteiger partial charge in [-0.05, 0) is 38.0 Å². The van der Waals surface area contributed by atoms with Gasteiger partial charge in [-0.15, -0.1) is 11.3 Å². The minimum Gasteiger partial charge on any atom is -0.409 e. The molecule has 1 aromatic carbocycles. The zero-order chi connectivity index (χ0) is 15.4. The lowest BCUT2D eigenvalue weighted by atomic mass is 10.1. The molecule has 1 atom stereocenters. The largest absolute Gasteiger partial charge is 0.409 e. The van der Waals surface area contributed by atoms with E-state index in [-0.39, 0.29) is 5.84 Å². The minimum absolute atomic E-state index is 0.132. The number of rotatable bonds is 5. The van der Waals surface area contributed by atoms with E-state index in [4.69, 9.17) is 10.9 Å². The molecule has 0 radical (unpaired) electrons. The van der Waals surface area contributed by atoms with Crippen molar-refractivity contribution in [2.24, 2.45) is 10.9 Å². The molecule has 0 spiro atoms. The highest BCUT2D eigenvalue weighted by Gasteiger charge is 2.10. The Kier molecular flexibility index (Phi) is 4.98. The Morgan fingerprint density at radius 1 is 1.33 bits per heavy atom. The Hall–Kier alpha value is -1.85. The third kappa shape index (κ3) is 3.83. The predicted octanol–water partition coefficient (Wildman–Crippen LogP) is 3.31. The number of hydrogen-bond donors (Lipinski definition) is 3. The Bertz CT molecular complexity index is 631. The number of nitrogens with zero attached hydrogens (tertiary/aromatic N) is 1. The van der Waals surface area contributed by atoms with E-state index in [9.17, 15) is 0 Å². The minimum atomic E-state index is 0.132. The van der Waals surface area contributed by atoms with Crippen molar-refractivity contribution in [3.63, 3.8) is 0 Å². The summed E-state index contributed by atoms with van der Waals surface area (Å²) in [4.78, 5) is 2.72. The second-order valence-corrected chi connectivity index (χ2v) is 6.61. The topological polar surface area (TPSA) is 70.6 Å². The number of benzene rings is 1. The van der Waals surface area contributed by atoms with Gasteiger partial charge in [-0.3, -0.25) is 0 Å². The van der Waals surface area contributed by atoms with E-state index >= 15 is 0 Å². The molecule has 4 N–H and O–H groups in total. The Balaban J connectivity index is 1.98. The molecular weight excluding hydrogens is 282 g/mol. The smallest absolute Gasteiger partial charge is 0.170 e. The molecule has 2 aromatic rings. The van der Waals surface area contributed by atoms with Crippen LogP contribution in [0.15, 0.2) is 35.5 Å². The first-order valence-electron chi connectivity index (χ1n) is 6.88. The number of nitrogens with two attached hydrogens (primary N) is 1. The standard InChI is InChI=1S/C16H21N3OS/c1-10-8-15(12(3)21-10)11(2)18-9-13-4-6-14(7-5-13)16(17)19-20/h4-8,11,18,20H,9H2,1-3H3,(H2,17,19). The van der Waals surface area contributed by atoms with Gasteiger partial charge in [0.2, 0.25) is 0 Å². The average molecular weight is 303 g/mol. The highest BCUT2D eigenvalue weighted by molar-refractivity contribution is 7.12. The molecule has 4 nitrogen and oxygen atoms in total. The van der Waals surface area contributed by atoms with E-state index in [1.165, 1.54) is 20.9 Å². The number of hydrogen-bond acceptors (Lipinski definition) is 4. The van der Waals surface area contributed by atoms with Gasteiger partial charge in [-0.1, -0.05) is 29.4 Å². The van der Waals surface area contributed by atoms with Crippen LogP contribution in [0.1, 0.15) is 39.4 Å². The van der Waals surface area contributed by atoms with E-state index in [0.29, 0.717) is 6.04 Å². The van der Waals surface area contributed by atoms with E-state index in [0.717, 1.165) is 12.1 Å². The zero-order valence-electron chi connectivity index (χ0n) is 12.6. The molecule has 1 unspecified atom stereocenters. The van der Waals surface area contributed by atoms with Crippen LogP contribution >= 0.6 is 11.3 Å².